The zero-order valence-electron chi connectivity index (χ0n) is 24.2. The molecule has 1 fully saturated rings. The molecule has 1 unspecified atom stereocenters. The predicted molar refractivity (Wildman–Crippen MR) is 161 cm³/mol. The normalized spacial score (nSPS) is 16.3. The summed E-state index contributed by atoms with van der Waals surface area (Å²) in [5.41, 5.74) is 7.26. The average molecular weight is 644 g/mol. The van der Waals surface area contributed by atoms with E-state index >= 15 is 8.78 Å². The van der Waals surface area contributed by atoms with Crippen molar-refractivity contribution in [2.45, 2.75) is 38.3 Å². The number of benzene rings is 2. The summed E-state index contributed by atoms with van der Waals surface area (Å²) in [4.78, 5) is 40.7. The molecule has 3 rings (SSSR count). The second-order valence-electron chi connectivity index (χ2n) is 10.8. The lowest BCUT2D eigenvalue weighted by Gasteiger charge is -2.34. The highest BCUT2D eigenvalue weighted by atomic mass is 35.5. The SMILES string of the molecule is CC(C)[C@H](C(=O)C(F)(F)C(=O)NCCN1CCOCC1)C(N)[C@H](Cc1ccccc1)NC(=O)COc1cc(Cl)cc(Cl)c1. The van der Waals surface area contributed by atoms with Gasteiger partial charge in [-0.15, -0.1) is 0 Å². The second-order valence-corrected chi connectivity index (χ2v) is 11.6. The van der Waals surface area contributed by atoms with Crippen LogP contribution in [0, 0.1) is 11.8 Å². The molecule has 0 radical (unpaired) electrons. The van der Waals surface area contributed by atoms with E-state index in [-0.39, 0.29) is 18.7 Å². The van der Waals surface area contributed by atoms with E-state index in [4.69, 9.17) is 38.4 Å². The lowest BCUT2D eigenvalue weighted by Crippen LogP contribution is -2.60. The van der Waals surface area contributed by atoms with Crippen molar-refractivity contribution in [1.29, 1.82) is 0 Å². The monoisotopic (exact) mass is 642 g/mol. The maximum atomic E-state index is 15.3. The highest BCUT2D eigenvalue weighted by Gasteiger charge is 2.52. The zero-order valence-corrected chi connectivity index (χ0v) is 25.7. The standard InChI is InChI=1S/C30H38Cl2F2N4O5/c1-19(2)26(28(40)30(33,34)29(41)36-8-9-38-10-12-42-13-11-38)27(35)24(14-20-6-4-3-5-7-20)37-25(39)18-43-23-16-21(31)15-22(32)17-23/h3-7,15-17,19,24,26-27H,8-14,18,35H2,1-2H3,(H,36,41)(H,37,39)/t24-,26-,27?/m0/s1. The molecule has 0 bridgehead atoms. The predicted octanol–water partition coefficient (Wildman–Crippen LogP) is 3.35. The Hall–Kier alpha value is -2.83. The summed E-state index contributed by atoms with van der Waals surface area (Å²) >= 11 is 12.0. The number of nitrogens with two attached hydrogens (primary N) is 1. The Morgan fingerprint density at radius 2 is 1.70 bits per heavy atom. The van der Waals surface area contributed by atoms with Gasteiger partial charge in [-0.1, -0.05) is 67.4 Å². The van der Waals surface area contributed by atoms with Crippen LogP contribution in [-0.2, 0) is 25.5 Å². The first-order chi connectivity index (χ1) is 20.4. The number of alkyl halides is 2. The number of carbonyl (C=O) groups is 3. The number of halogens is 4. The number of nitrogens with one attached hydrogen (secondary N) is 2. The molecule has 1 heterocycles. The maximum Gasteiger partial charge on any atom is 0.381 e. The third kappa shape index (κ3) is 10.4. The molecule has 4 N–H and O–H groups in total. The van der Waals surface area contributed by atoms with E-state index in [2.05, 4.69) is 10.6 Å². The molecule has 0 spiro atoms. The Kier molecular flexibility index (Phi) is 13.1. The van der Waals surface area contributed by atoms with Crippen LogP contribution in [0.1, 0.15) is 19.4 Å². The first-order valence-corrected chi connectivity index (χ1v) is 14.8. The van der Waals surface area contributed by atoms with Crippen LogP contribution in [0.2, 0.25) is 10.0 Å². The number of ketones is 1. The van der Waals surface area contributed by atoms with Crippen molar-refractivity contribution in [2.75, 3.05) is 46.0 Å². The molecule has 2 amide bonds. The van der Waals surface area contributed by atoms with Crippen molar-refractivity contribution in [3.05, 3.63) is 64.1 Å². The van der Waals surface area contributed by atoms with Crippen molar-refractivity contribution in [3.63, 3.8) is 0 Å². The molecule has 13 heteroatoms. The van der Waals surface area contributed by atoms with Gasteiger partial charge in [0.25, 0.3) is 11.8 Å². The number of carbonyl (C=O) groups excluding carboxylic acids is 3. The minimum atomic E-state index is -4.33. The van der Waals surface area contributed by atoms with Gasteiger partial charge in [0, 0.05) is 54.2 Å². The van der Waals surface area contributed by atoms with Crippen molar-refractivity contribution in [2.24, 2.45) is 17.6 Å². The number of Topliss-reactive ketones (excluding diaryl/α,β-unsaturated/α-hetero) is 1. The lowest BCUT2D eigenvalue weighted by atomic mass is 9.78. The minimum Gasteiger partial charge on any atom is -0.484 e. The Morgan fingerprint density at radius 3 is 2.30 bits per heavy atom. The van der Waals surface area contributed by atoms with Gasteiger partial charge in [-0.3, -0.25) is 19.3 Å². The highest BCUT2D eigenvalue weighted by molar-refractivity contribution is 6.34. The van der Waals surface area contributed by atoms with E-state index in [1.165, 1.54) is 18.2 Å². The van der Waals surface area contributed by atoms with Crippen LogP contribution in [0.4, 0.5) is 8.78 Å². The van der Waals surface area contributed by atoms with Crippen LogP contribution in [0.15, 0.2) is 48.5 Å². The fraction of sp³-hybridized carbons (Fsp3) is 0.500. The second kappa shape index (κ2) is 16.3. The van der Waals surface area contributed by atoms with E-state index in [0.717, 1.165) is 5.56 Å². The van der Waals surface area contributed by atoms with E-state index in [9.17, 15) is 14.4 Å². The summed E-state index contributed by atoms with van der Waals surface area (Å²) in [5.74, 6) is -10.1. The summed E-state index contributed by atoms with van der Waals surface area (Å²) < 4.78 is 41.4. The van der Waals surface area contributed by atoms with Crippen LogP contribution >= 0.6 is 23.2 Å². The average Bonchev–Trinajstić information content (AvgIpc) is 2.96. The Bertz CT molecular complexity index is 1210. The number of hydrogen-bond donors (Lipinski definition) is 3. The van der Waals surface area contributed by atoms with E-state index in [1.54, 1.807) is 44.2 Å². The molecule has 43 heavy (non-hydrogen) atoms. The number of ether oxygens (including phenoxy) is 2. The summed E-state index contributed by atoms with van der Waals surface area (Å²) in [6.07, 6.45) is 0.143. The van der Waals surface area contributed by atoms with Crippen molar-refractivity contribution in [1.82, 2.24) is 15.5 Å². The molecule has 236 valence electrons. The Morgan fingerprint density at radius 1 is 1.07 bits per heavy atom. The zero-order chi connectivity index (χ0) is 31.6. The summed E-state index contributed by atoms with van der Waals surface area (Å²) in [6.45, 7) is 5.30. The third-order valence-corrected chi connectivity index (χ3v) is 7.60. The van der Waals surface area contributed by atoms with Crippen molar-refractivity contribution >= 4 is 40.8 Å². The Balaban J connectivity index is 1.73. The van der Waals surface area contributed by atoms with Crippen LogP contribution < -0.4 is 21.1 Å². The molecule has 1 aliphatic heterocycles. The van der Waals surface area contributed by atoms with Gasteiger partial charge in [-0.2, -0.15) is 8.78 Å². The van der Waals surface area contributed by atoms with Crippen LogP contribution in [0.5, 0.6) is 5.75 Å². The number of nitrogens with zero attached hydrogens (tertiary/aromatic N) is 1. The first kappa shape index (κ1) is 34.7. The van der Waals surface area contributed by atoms with Gasteiger partial charge in [0.1, 0.15) is 5.75 Å². The molecule has 0 aromatic heterocycles. The summed E-state index contributed by atoms with van der Waals surface area (Å²) in [7, 11) is 0. The topological polar surface area (TPSA) is 123 Å². The van der Waals surface area contributed by atoms with Crippen LogP contribution in [-0.4, -0.2) is 86.5 Å². The number of morpholine rings is 1. The minimum absolute atomic E-state index is 0.0510. The van der Waals surface area contributed by atoms with Crippen molar-refractivity contribution in [3.8, 4) is 5.75 Å². The molecular weight excluding hydrogens is 605 g/mol. The molecule has 0 aliphatic carbocycles. The molecule has 9 nitrogen and oxygen atoms in total. The van der Waals surface area contributed by atoms with Crippen LogP contribution in [0.25, 0.3) is 0 Å². The quantitative estimate of drug-likeness (QED) is 0.255. The van der Waals surface area contributed by atoms with Gasteiger partial charge in [0.05, 0.1) is 13.2 Å². The third-order valence-electron chi connectivity index (χ3n) is 7.16. The fourth-order valence-electron chi connectivity index (χ4n) is 4.92. The summed E-state index contributed by atoms with van der Waals surface area (Å²) in [5, 5.41) is 5.56. The van der Waals surface area contributed by atoms with E-state index in [0.29, 0.717) is 42.9 Å². The summed E-state index contributed by atoms with van der Waals surface area (Å²) in [6, 6.07) is 11.2. The molecular formula is C30H38Cl2F2N4O5. The number of hydrogen-bond acceptors (Lipinski definition) is 7. The number of amides is 2. The molecule has 0 saturated carbocycles. The maximum absolute atomic E-state index is 15.3. The van der Waals surface area contributed by atoms with Gasteiger partial charge in [0.15, 0.2) is 6.61 Å². The Labute approximate surface area is 260 Å². The number of rotatable bonds is 15. The van der Waals surface area contributed by atoms with Gasteiger partial charge < -0.3 is 25.8 Å². The van der Waals surface area contributed by atoms with Gasteiger partial charge >= 0.3 is 5.92 Å². The lowest BCUT2D eigenvalue weighted by molar-refractivity contribution is -0.162. The van der Waals surface area contributed by atoms with Gasteiger partial charge in [-0.25, -0.2) is 0 Å². The largest absolute Gasteiger partial charge is 0.484 e. The molecule has 2 aromatic carbocycles. The molecule has 3 atom stereocenters. The molecule has 2 aromatic rings. The first-order valence-electron chi connectivity index (χ1n) is 14.1. The van der Waals surface area contributed by atoms with Gasteiger partial charge in [-0.05, 0) is 36.1 Å². The fourth-order valence-corrected chi connectivity index (χ4v) is 5.42. The van der Waals surface area contributed by atoms with Crippen molar-refractivity contribution < 1.29 is 32.6 Å². The smallest absolute Gasteiger partial charge is 0.381 e. The van der Waals surface area contributed by atoms with E-state index < -0.39 is 54.0 Å². The van der Waals surface area contributed by atoms with E-state index in [1.807, 2.05) is 4.90 Å². The van der Waals surface area contributed by atoms with Gasteiger partial charge in [0.2, 0.25) is 5.78 Å². The molecule has 1 aliphatic rings. The highest BCUT2D eigenvalue weighted by Crippen LogP contribution is 2.29. The van der Waals surface area contributed by atoms with Crippen LogP contribution in [0.3, 0.4) is 0 Å². The molecule has 1 saturated heterocycles.